The van der Waals surface area contributed by atoms with Crippen molar-refractivity contribution in [1.82, 2.24) is 19.9 Å². The lowest BCUT2D eigenvalue weighted by atomic mass is 10.1. The maximum absolute atomic E-state index is 13.2. The first-order chi connectivity index (χ1) is 16.2. The van der Waals surface area contributed by atoms with Gasteiger partial charge in [-0.25, -0.2) is 0 Å². The van der Waals surface area contributed by atoms with Crippen LogP contribution in [0.25, 0.3) is 22.2 Å². The number of rotatable bonds is 4. The van der Waals surface area contributed by atoms with Crippen LogP contribution in [0, 0.1) is 0 Å². The second-order valence-electron chi connectivity index (χ2n) is 8.97. The summed E-state index contributed by atoms with van der Waals surface area (Å²) in [5, 5.41) is 4.99. The first-order valence-corrected chi connectivity index (χ1v) is 11.9. The Labute approximate surface area is 193 Å². The van der Waals surface area contributed by atoms with Crippen molar-refractivity contribution in [1.29, 1.82) is 0 Å². The third-order valence-corrected chi connectivity index (χ3v) is 6.74. The second-order valence-corrected chi connectivity index (χ2v) is 8.97. The zero-order valence-electron chi connectivity index (χ0n) is 18.9. The number of piperazine rings is 1. The molecule has 2 aromatic carbocycles. The molecule has 3 heterocycles. The first-order valence-electron chi connectivity index (χ1n) is 11.9. The molecule has 5 rings (SSSR count). The fraction of sp³-hybridized carbons (Fsp3) is 0.423. The van der Waals surface area contributed by atoms with E-state index in [9.17, 15) is 9.59 Å². The van der Waals surface area contributed by atoms with Crippen LogP contribution in [0.15, 0.2) is 53.1 Å². The maximum atomic E-state index is 13.2. The lowest BCUT2D eigenvalue weighted by Gasteiger charge is -2.35. The predicted molar refractivity (Wildman–Crippen MR) is 127 cm³/mol. The van der Waals surface area contributed by atoms with Crippen molar-refractivity contribution in [3.63, 3.8) is 0 Å². The van der Waals surface area contributed by atoms with Gasteiger partial charge < -0.3 is 14.3 Å². The number of nitrogens with zero attached hydrogens (tertiary/aromatic N) is 4. The Hall–Kier alpha value is -3.19. The van der Waals surface area contributed by atoms with Crippen LogP contribution in [0.2, 0.25) is 0 Å². The van der Waals surface area contributed by atoms with Gasteiger partial charge in [0.1, 0.15) is 5.52 Å². The molecule has 2 aliphatic heterocycles. The minimum absolute atomic E-state index is 0.00982. The summed E-state index contributed by atoms with van der Waals surface area (Å²) in [5.74, 6) is 0.913. The summed E-state index contributed by atoms with van der Waals surface area (Å²) in [6.07, 6.45) is 4.66. The molecule has 3 aromatic rings. The fourth-order valence-corrected chi connectivity index (χ4v) is 4.78. The minimum Gasteiger partial charge on any atom is -0.355 e. The van der Waals surface area contributed by atoms with Crippen LogP contribution < -0.4 is 0 Å². The minimum atomic E-state index is 0.00982. The zero-order valence-corrected chi connectivity index (χ0v) is 18.9. The van der Waals surface area contributed by atoms with E-state index >= 15 is 0 Å². The molecule has 0 N–H and O–H groups in total. The van der Waals surface area contributed by atoms with Gasteiger partial charge in [-0.15, -0.1) is 0 Å². The summed E-state index contributed by atoms with van der Waals surface area (Å²) in [6, 6.07) is 15.3. The van der Waals surface area contributed by atoms with E-state index < -0.39 is 0 Å². The van der Waals surface area contributed by atoms with Gasteiger partial charge in [0.05, 0.1) is 11.9 Å². The molecule has 33 heavy (non-hydrogen) atoms. The summed E-state index contributed by atoms with van der Waals surface area (Å²) >= 11 is 0. The van der Waals surface area contributed by atoms with Crippen LogP contribution in [0.1, 0.15) is 36.0 Å². The molecule has 172 valence electrons. The molecule has 0 radical (unpaired) electrons. The average molecular weight is 447 g/mol. The van der Waals surface area contributed by atoms with Crippen molar-refractivity contribution in [2.45, 2.75) is 25.7 Å². The van der Waals surface area contributed by atoms with E-state index in [1.54, 1.807) is 0 Å². The summed E-state index contributed by atoms with van der Waals surface area (Å²) in [4.78, 5) is 32.0. The van der Waals surface area contributed by atoms with Crippen LogP contribution in [0.4, 0.5) is 0 Å². The molecule has 2 saturated heterocycles. The van der Waals surface area contributed by atoms with E-state index in [1.807, 2.05) is 58.3 Å². The molecule has 0 atom stereocenters. The Kier molecular flexibility index (Phi) is 6.39. The van der Waals surface area contributed by atoms with Crippen LogP contribution in [-0.2, 0) is 4.79 Å². The van der Waals surface area contributed by atoms with Crippen molar-refractivity contribution < 1.29 is 14.1 Å². The number of hydrogen-bond acceptors (Lipinski definition) is 5. The molecule has 0 saturated carbocycles. The largest absolute Gasteiger partial charge is 0.355 e. The van der Waals surface area contributed by atoms with E-state index in [1.165, 1.54) is 12.8 Å². The molecular weight excluding hydrogens is 416 g/mol. The number of likely N-dealkylation sites (tertiary alicyclic amines) is 1. The van der Waals surface area contributed by atoms with E-state index in [4.69, 9.17) is 4.52 Å². The number of carbonyl (C=O) groups excluding carboxylic acids is 2. The van der Waals surface area contributed by atoms with E-state index in [2.05, 4.69) is 10.1 Å². The lowest BCUT2D eigenvalue weighted by molar-refractivity contribution is -0.132. The number of hydrogen-bond donors (Lipinski definition) is 0. The SMILES string of the molecule is O=C(CN1CCN(C(=O)c2ccc3noc(-c4ccccc4)c3c2)CC1)N1CCCCCC1. The van der Waals surface area contributed by atoms with Gasteiger partial charge in [-0.1, -0.05) is 48.3 Å². The number of aromatic nitrogens is 1. The fourth-order valence-electron chi connectivity index (χ4n) is 4.78. The molecule has 0 spiro atoms. The monoisotopic (exact) mass is 446 g/mol. The van der Waals surface area contributed by atoms with Gasteiger partial charge in [0.25, 0.3) is 5.91 Å². The normalized spacial score (nSPS) is 17.8. The Morgan fingerprint density at radius 3 is 2.27 bits per heavy atom. The molecule has 2 amide bonds. The zero-order chi connectivity index (χ0) is 22.6. The Balaban J connectivity index is 1.22. The maximum Gasteiger partial charge on any atom is 0.253 e. The Bertz CT molecular complexity index is 1110. The number of fused-ring (bicyclic) bond motifs is 1. The third kappa shape index (κ3) is 4.78. The highest BCUT2D eigenvalue weighted by Gasteiger charge is 2.26. The number of amides is 2. The predicted octanol–water partition coefficient (Wildman–Crippen LogP) is 3.66. The molecule has 2 aliphatic rings. The van der Waals surface area contributed by atoms with Crippen LogP contribution >= 0.6 is 0 Å². The van der Waals surface area contributed by atoms with Crippen LogP contribution in [0.5, 0.6) is 0 Å². The van der Waals surface area contributed by atoms with Gasteiger partial charge in [-0.3, -0.25) is 14.5 Å². The molecular formula is C26H30N4O3. The van der Waals surface area contributed by atoms with Crippen LogP contribution in [-0.4, -0.2) is 77.5 Å². The summed E-state index contributed by atoms with van der Waals surface area (Å²) < 4.78 is 5.57. The molecule has 7 nitrogen and oxygen atoms in total. The summed E-state index contributed by atoms with van der Waals surface area (Å²) in [6.45, 7) is 4.90. The Morgan fingerprint density at radius 1 is 0.818 bits per heavy atom. The smallest absolute Gasteiger partial charge is 0.253 e. The molecule has 1 aromatic heterocycles. The molecule has 0 bridgehead atoms. The van der Waals surface area contributed by atoms with Crippen molar-refractivity contribution >= 4 is 22.7 Å². The highest BCUT2D eigenvalue weighted by Crippen LogP contribution is 2.29. The average Bonchev–Trinajstić information content (AvgIpc) is 3.08. The Morgan fingerprint density at radius 2 is 1.55 bits per heavy atom. The van der Waals surface area contributed by atoms with E-state index in [0.717, 1.165) is 55.5 Å². The van der Waals surface area contributed by atoms with Crippen molar-refractivity contribution in [3.05, 3.63) is 54.1 Å². The van der Waals surface area contributed by atoms with Gasteiger partial charge in [0.15, 0.2) is 5.76 Å². The third-order valence-electron chi connectivity index (χ3n) is 6.74. The first kappa shape index (κ1) is 21.6. The van der Waals surface area contributed by atoms with Gasteiger partial charge in [0.2, 0.25) is 5.91 Å². The molecule has 7 heteroatoms. The number of carbonyl (C=O) groups is 2. The van der Waals surface area contributed by atoms with Crippen molar-refractivity contribution in [3.8, 4) is 11.3 Å². The van der Waals surface area contributed by atoms with Gasteiger partial charge in [0, 0.05) is 50.4 Å². The molecule has 2 fully saturated rings. The van der Waals surface area contributed by atoms with Crippen molar-refractivity contribution in [2.75, 3.05) is 45.8 Å². The van der Waals surface area contributed by atoms with Crippen molar-refractivity contribution in [2.24, 2.45) is 0 Å². The highest BCUT2D eigenvalue weighted by atomic mass is 16.5. The summed E-state index contributed by atoms with van der Waals surface area (Å²) in [7, 11) is 0. The number of benzene rings is 2. The topological polar surface area (TPSA) is 69.9 Å². The summed E-state index contributed by atoms with van der Waals surface area (Å²) in [5.41, 5.74) is 2.31. The second kappa shape index (κ2) is 9.75. The van der Waals surface area contributed by atoms with E-state index in [0.29, 0.717) is 31.0 Å². The lowest BCUT2D eigenvalue weighted by Crippen LogP contribution is -2.51. The van der Waals surface area contributed by atoms with Crippen LogP contribution in [0.3, 0.4) is 0 Å². The quantitative estimate of drug-likeness (QED) is 0.612. The molecule has 0 unspecified atom stereocenters. The molecule has 0 aliphatic carbocycles. The van der Waals surface area contributed by atoms with Gasteiger partial charge >= 0.3 is 0 Å². The van der Waals surface area contributed by atoms with Gasteiger partial charge in [-0.05, 0) is 31.0 Å². The van der Waals surface area contributed by atoms with E-state index in [-0.39, 0.29) is 11.8 Å². The standard InChI is InChI=1S/C26H30N4O3/c31-24(29-12-6-1-2-7-13-29)19-28-14-16-30(17-15-28)26(32)21-10-11-23-22(18-21)25(33-27-23)20-8-4-3-5-9-20/h3-5,8-11,18H,1-2,6-7,12-17,19H2. The highest BCUT2D eigenvalue weighted by molar-refractivity contribution is 6.01. The van der Waals surface area contributed by atoms with Gasteiger partial charge in [-0.2, -0.15) is 0 Å².